The lowest BCUT2D eigenvalue weighted by molar-refractivity contribution is -0.388. The van der Waals surface area contributed by atoms with Gasteiger partial charge >= 0.3 is 5.69 Å². The molecule has 0 bridgehead atoms. The first-order valence-corrected chi connectivity index (χ1v) is 7.72. The molecule has 0 aromatic heterocycles. The van der Waals surface area contributed by atoms with Crippen molar-refractivity contribution in [3.8, 4) is 0 Å². The van der Waals surface area contributed by atoms with Gasteiger partial charge in [0.1, 0.15) is 0 Å². The number of nitrogens with zero attached hydrogens (tertiary/aromatic N) is 2. The SMILES string of the molecule is Cc1cc(F)c([N+](=O)[O-])c(C)c1S(=O)(=O)N1CC[C@@H](O)C1. The van der Waals surface area contributed by atoms with Gasteiger partial charge in [-0.1, -0.05) is 0 Å². The maximum Gasteiger partial charge on any atom is 0.309 e. The molecule has 1 heterocycles. The number of sulfonamides is 1. The van der Waals surface area contributed by atoms with Crippen molar-refractivity contribution in [3.63, 3.8) is 0 Å². The predicted octanol–water partition coefficient (Wildman–Crippen LogP) is 1.11. The van der Waals surface area contributed by atoms with Gasteiger partial charge in [0.2, 0.25) is 15.8 Å². The number of nitro groups is 1. The average Bonchev–Trinajstić information content (AvgIpc) is 2.74. The molecule has 0 radical (unpaired) electrons. The van der Waals surface area contributed by atoms with E-state index < -0.39 is 32.6 Å². The Hall–Kier alpha value is -1.58. The molecule has 1 fully saturated rings. The van der Waals surface area contributed by atoms with Gasteiger partial charge in [-0.05, 0) is 31.9 Å². The summed E-state index contributed by atoms with van der Waals surface area (Å²) in [5.41, 5.74) is -0.949. The fraction of sp³-hybridized carbons (Fsp3) is 0.500. The molecule has 0 aliphatic carbocycles. The summed E-state index contributed by atoms with van der Waals surface area (Å²) in [6.07, 6.45) is -0.448. The van der Waals surface area contributed by atoms with E-state index in [2.05, 4.69) is 0 Å². The van der Waals surface area contributed by atoms with Crippen LogP contribution in [0.25, 0.3) is 0 Å². The molecule has 1 N–H and O–H groups in total. The molecule has 0 spiro atoms. The van der Waals surface area contributed by atoms with Crippen molar-refractivity contribution >= 4 is 15.7 Å². The highest BCUT2D eigenvalue weighted by atomic mass is 32.2. The highest BCUT2D eigenvalue weighted by Crippen LogP contribution is 2.33. The lowest BCUT2D eigenvalue weighted by atomic mass is 10.1. The van der Waals surface area contributed by atoms with Crippen molar-refractivity contribution in [2.75, 3.05) is 13.1 Å². The van der Waals surface area contributed by atoms with Gasteiger partial charge in [0, 0.05) is 13.1 Å². The van der Waals surface area contributed by atoms with Crippen LogP contribution in [0.1, 0.15) is 17.5 Å². The van der Waals surface area contributed by atoms with Crippen molar-refractivity contribution in [1.82, 2.24) is 4.31 Å². The van der Waals surface area contributed by atoms with Crippen LogP contribution in [0.15, 0.2) is 11.0 Å². The van der Waals surface area contributed by atoms with E-state index in [0.717, 1.165) is 10.4 Å². The Bertz CT molecular complexity index is 704. The fourth-order valence-corrected chi connectivity index (χ4v) is 4.51. The van der Waals surface area contributed by atoms with Gasteiger partial charge in [-0.15, -0.1) is 0 Å². The summed E-state index contributed by atoms with van der Waals surface area (Å²) < 4.78 is 39.9. The van der Waals surface area contributed by atoms with Crippen LogP contribution < -0.4 is 0 Å². The Kier molecular flexibility index (Phi) is 4.00. The Labute approximate surface area is 121 Å². The second kappa shape index (κ2) is 5.32. The van der Waals surface area contributed by atoms with E-state index >= 15 is 0 Å². The summed E-state index contributed by atoms with van der Waals surface area (Å²) >= 11 is 0. The zero-order valence-electron chi connectivity index (χ0n) is 11.5. The number of aliphatic hydroxyl groups is 1. The fourth-order valence-electron chi connectivity index (χ4n) is 2.59. The van der Waals surface area contributed by atoms with Crippen LogP contribution >= 0.6 is 0 Å². The second-order valence-electron chi connectivity index (χ2n) is 5.04. The molecule has 21 heavy (non-hydrogen) atoms. The minimum Gasteiger partial charge on any atom is -0.392 e. The number of hydrogen-bond donors (Lipinski definition) is 1. The van der Waals surface area contributed by atoms with Crippen LogP contribution in [0.3, 0.4) is 0 Å². The van der Waals surface area contributed by atoms with Crippen LogP contribution in [0.4, 0.5) is 10.1 Å². The van der Waals surface area contributed by atoms with E-state index in [1.54, 1.807) is 0 Å². The van der Waals surface area contributed by atoms with Gasteiger partial charge < -0.3 is 5.11 Å². The van der Waals surface area contributed by atoms with Crippen molar-refractivity contribution in [2.24, 2.45) is 0 Å². The molecule has 1 aromatic carbocycles. The van der Waals surface area contributed by atoms with Crippen LogP contribution in [0.5, 0.6) is 0 Å². The quantitative estimate of drug-likeness (QED) is 0.664. The first kappa shape index (κ1) is 15.8. The number of benzene rings is 1. The van der Waals surface area contributed by atoms with E-state index in [0.29, 0.717) is 6.42 Å². The molecule has 0 saturated carbocycles. The van der Waals surface area contributed by atoms with E-state index in [9.17, 15) is 28.0 Å². The molecule has 0 amide bonds. The third-order valence-electron chi connectivity index (χ3n) is 3.53. The molecule has 1 aliphatic rings. The highest BCUT2D eigenvalue weighted by molar-refractivity contribution is 7.89. The summed E-state index contributed by atoms with van der Waals surface area (Å²) in [6, 6.07) is 0.852. The minimum absolute atomic E-state index is 0.0631. The van der Waals surface area contributed by atoms with Crippen LogP contribution in [0, 0.1) is 29.8 Å². The molecule has 1 aromatic rings. The third kappa shape index (κ3) is 2.63. The molecule has 2 rings (SSSR count). The number of hydrogen-bond acceptors (Lipinski definition) is 5. The summed E-state index contributed by atoms with van der Waals surface area (Å²) in [7, 11) is -4.00. The number of β-amino-alcohol motifs (C(OH)–C–C–N with tert-alkyl or cyclic N) is 1. The smallest absolute Gasteiger partial charge is 0.309 e. The van der Waals surface area contributed by atoms with Gasteiger partial charge in [0.25, 0.3) is 0 Å². The monoisotopic (exact) mass is 318 g/mol. The molecule has 116 valence electrons. The third-order valence-corrected chi connectivity index (χ3v) is 5.69. The molecular formula is C12H15FN2O5S. The molecule has 7 nitrogen and oxygen atoms in total. The Morgan fingerprint density at radius 3 is 2.57 bits per heavy atom. The van der Waals surface area contributed by atoms with E-state index in [1.165, 1.54) is 13.8 Å². The van der Waals surface area contributed by atoms with Crippen molar-refractivity contribution in [3.05, 3.63) is 33.1 Å². The minimum atomic E-state index is -4.00. The van der Waals surface area contributed by atoms with Gasteiger partial charge in [-0.25, -0.2) is 8.42 Å². The number of nitro benzene ring substituents is 1. The number of rotatable bonds is 3. The Morgan fingerprint density at radius 1 is 1.48 bits per heavy atom. The van der Waals surface area contributed by atoms with Gasteiger partial charge in [-0.2, -0.15) is 8.70 Å². The lowest BCUT2D eigenvalue weighted by Crippen LogP contribution is -2.31. The van der Waals surface area contributed by atoms with Crippen LogP contribution in [0.2, 0.25) is 0 Å². The van der Waals surface area contributed by atoms with E-state index in [4.69, 9.17) is 0 Å². The van der Waals surface area contributed by atoms with Gasteiger partial charge in [-0.3, -0.25) is 10.1 Å². The van der Waals surface area contributed by atoms with Crippen LogP contribution in [-0.2, 0) is 10.0 Å². The maximum atomic E-state index is 13.7. The molecule has 0 unspecified atom stereocenters. The molecular weight excluding hydrogens is 303 g/mol. The maximum absolute atomic E-state index is 13.7. The number of halogens is 1. The zero-order chi connectivity index (χ0) is 15.9. The van der Waals surface area contributed by atoms with E-state index in [-0.39, 0.29) is 29.1 Å². The molecule has 1 aliphatic heterocycles. The topological polar surface area (TPSA) is 101 Å². The first-order valence-electron chi connectivity index (χ1n) is 6.28. The predicted molar refractivity (Wildman–Crippen MR) is 71.9 cm³/mol. The molecule has 1 atom stereocenters. The first-order chi connectivity index (χ1) is 9.66. The van der Waals surface area contributed by atoms with Crippen LogP contribution in [-0.4, -0.2) is 41.9 Å². The molecule has 1 saturated heterocycles. The second-order valence-corrected chi connectivity index (χ2v) is 6.92. The van der Waals surface area contributed by atoms with E-state index in [1.807, 2.05) is 0 Å². The summed E-state index contributed by atoms with van der Waals surface area (Å²) in [5, 5.41) is 20.4. The number of aryl methyl sites for hydroxylation is 1. The largest absolute Gasteiger partial charge is 0.392 e. The zero-order valence-corrected chi connectivity index (χ0v) is 12.4. The van der Waals surface area contributed by atoms with Crippen molar-refractivity contribution in [2.45, 2.75) is 31.3 Å². The lowest BCUT2D eigenvalue weighted by Gasteiger charge is -2.19. The van der Waals surface area contributed by atoms with Gasteiger partial charge in [0.15, 0.2) is 0 Å². The standard InChI is InChI=1S/C12H15FN2O5S/c1-7-5-10(13)11(15(17)18)8(2)12(7)21(19,20)14-4-3-9(16)6-14/h5,9,16H,3-4,6H2,1-2H3/t9-/m1/s1. The number of aliphatic hydroxyl groups excluding tert-OH is 1. The molecule has 9 heteroatoms. The summed E-state index contributed by atoms with van der Waals surface area (Å²) in [6.45, 7) is 2.67. The average molecular weight is 318 g/mol. The summed E-state index contributed by atoms with van der Waals surface area (Å²) in [5.74, 6) is -1.06. The Balaban J connectivity index is 2.64. The van der Waals surface area contributed by atoms with Gasteiger partial charge in [0.05, 0.1) is 21.5 Å². The Morgan fingerprint density at radius 2 is 2.10 bits per heavy atom. The normalized spacial score (nSPS) is 19.9. The summed E-state index contributed by atoms with van der Waals surface area (Å²) in [4.78, 5) is 9.74. The highest BCUT2D eigenvalue weighted by Gasteiger charge is 2.36. The van der Waals surface area contributed by atoms with Crippen molar-refractivity contribution in [1.29, 1.82) is 0 Å². The van der Waals surface area contributed by atoms with Crippen molar-refractivity contribution < 1.29 is 22.8 Å².